The summed E-state index contributed by atoms with van der Waals surface area (Å²) in [7, 11) is 0. The molecule has 0 fully saturated rings. The number of aliphatic hydroxyl groups is 1. The van der Waals surface area contributed by atoms with Crippen molar-refractivity contribution in [2.75, 3.05) is 11.9 Å². The highest BCUT2D eigenvalue weighted by Gasteiger charge is 2.15. The maximum Gasteiger partial charge on any atom is 0.321 e. The number of hydrogen-bond acceptors (Lipinski definition) is 5. The van der Waals surface area contributed by atoms with Crippen molar-refractivity contribution in [3.05, 3.63) is 5.01 Å². The predicted octanol–water partition coefficient (Wildman–Crippen LogP) is 2.00. The molecule has 0 aromatic carbocycles. The lowest BCUT2D eigenvalue weighted by Gasteiger charge is -2.13. The minimum Gasteiger partial charge on any atom is -0.393 e. The topological polar surface area (TPSA) is 87.1 Å². The third-order valence-corrected chi connectivity index (χ3v) is 3.05. The van der Waals surface area contributed by atoms with Crippen LogP contribution in [0.1, 0.15) is 31.7 Å². The van der Waals surface area contributed by atoms with Crippen LogP contribution in [0.2, 0.25) is 0 Å². The Kier molecular flexibility index (Phi) is 6.03. The van der Waals surface area contributed by atoms with Gasteiger partial charge in [-0.25, -0.2) is 13.6 Å². The second-order valence-corrected chi connectivity index (χ2v) is 5.28. The van der Waals surface area contributed by atoms with Crippen molar-refractivity contribution in [2.45, 2.75) is 32.8 Å². The molecule has 0 unspecified atom stereocenters. The van der Waals surface area contributed by atoms with E-state index in [1.165, 1.54) is 0 Å². The molecular weight excluding hydrogens is 278 g/mol. The molecule has 0 bridgehead atoms. The maximum absolute atomic E-state index is 12.2. The zero-order chi connectivity index (χ0) is 14.4. The molecule has 1 heterocycles. The van der Waals surface area contributed by atoms with E-state index in [0.29, 0.717) is 24.3 Å². The second kappa shape index (κ2) is 7.29. The lowest BCUT2D eigenvalue weighted by molar-refractivity contribution is 0.150. The van der Waals surface area contributed by atoms with Crippen LogP contribution in [0.15, 0.2) is 0 Å². The first-order chi connectivity index (χ1) is 8.88. The average Bonchev–Trinajstić information content (AvgIpc) is 2.74. The number of alkyl halides is 2. The lowest BCUT2D eigenvalue weighted by Crippen LogP contribution is -2.33. The molecule has 19 heavy (non-hydrogen) atoms. The number of nitrogens with one attached hydrogen (secondary N) is 2. The number of hydrogen-bond donors (Lipinski definition) is 3. The predicted molar refractivity (Wildman–Crippen MR) is 67.3 cm³/mol. The number of carbonyl (C=O) groups is 1. The molecular formula is C10H16F2N4O2S. The van der Waals surface area contributed by atoms with Gasteiger partial charge in [0, 0.05) is 6.54 Å². The van der Waals surface area contributed by atoms with E-state index in [-0.39, 0.29) is 11.0 Å². The smallest absolute Gasteiger partial charge is 0.321 e. The Morgan fingerprint density at radius 2 is 2.11 bits per heavy atom. The van der Waals surface area contributed by atoms with E-state index < -0.39 is 23.6 Å². The van der Waals surface area contributed by atoms with Gasteiger partial charge in [0.15, 0.2) is 5.01 Å². The van der Waals surface area contributed by atoms with Crippen molar-refractivity contribution in [1.82, 2.24) is 15.5 Å². The van der Waals surface area contributed by atoms with Crippen molar-refractivity contribution in [3.8, 4) is 0 Å². The van der Waals surface area contributed by atoms with Gasteiger partial charge in [-0.3, -0.25) is 5.32 Å². The molecule has 3 N–H and O–H groups in total. The average molecular weight is 294 g/mol. The van der Waals surface area contributed by atoms with Crippen molar-refractivity contribution in [3.63, 3.8) is 0 Å². The standard InChI is InChI=1S/C10H16F2N4O2S/c1-5(3-6(2)17)4-13-9(18)14-10-16-15-8(19-10)7(11)12/h5-7,17H,3-4H2,1-2H3,(H2,13,14,16,18)/t5-,6-/m1/s1. The highest BCUT2D eigenvalue weighted by molar-refractivity contribution is 7.15. The van der Waals surface area contributed by atoms with E-state index >= 15 is 0 Å². The summed E-state index contributed by atoms with van der Waals surface area (Å²) in [5.41, 5.74) is 0. The molecule has 108 valence electrons. The van der Waals surface area contributed by atoms with Crippen molar-refractivity contribution >= 4 is 22.5 Å². The largest absolute Gasteiger partial charge is 0.393 e. The fraction of sp³-hybridized carbons (Fsp3) is 0.700. The maximum atomic E-state index is 12.2. The van der Waals surface area contributed by atoms with Crippen LogP contribution in [0.25, 0.3) is 0 Å². The van der Waals surface area contributed by atoms with Gasteiger partial charge in [-0.1, -0.05) is 18.3 Å². The van der Waals surface area contributed by atoms with Crippen molar-refractivity contribution in [1.29, 1.82) is 0 Å². The number of anilines is 1. The number of nitrogens with zero attached hydrogens (tertiary/aromatic N) is 2. The normalized spacial score (nSPS) is 14.2. The molecule has 0 radical (unpaired) electrons. The summed E-state index contributed by atoms with van der Waals surface area (Å²) >= 11 is 0.630. The van der Waals surface area contributed by atoms with Crippen molar-refractivity contribution in [2.24, 2.45) is 5.92 Å². The second-order valence-electron chi connectivity index (χ2n) is 4.27. The van der Waals surface area contributed by atoms with E-state index in [4.69, 9.17) is 5.11 Å². The van der Waals surface area contributed by atoms with Crippen LogP contribution in [0.5, 0.6) is 0 Å². The van der Waals surface area contributed by atoms with Gasteiger partial charge in [-0.15, -0.1) is 10.2 Å². The summed E-state index contributed by atoms with van der Waals surface area (Å²) in [6.45, 7) is 3.92. The molecule has 0 aliphatic carbocycles. The van der Waals surface area contributed by atoms with Crippen LogP contribution < -0.4 is 10.6 Å². The third-order valence-electron chi connectivity index (χ3n) is 2.20. The van der Waals surface area contributed by atoms with Gasteiger partial charge in [0.2, 0.25) is 5.13 Å². The molecule has 0 aliphatic rings. The van der Waals surface area contributed by atoms with Crippen LogP contribution in [0.3, 0.4) is 0 Å². The van der Waals surface area contributed by atoms with E-state index in [0.717, 1.165) is 0 Å². The number of aromatic nitrogens is 2. The molecule has 2 amide bonds. The van der Waals surface area contributed by atoms with Gasteiger partial charge >= 0.3 is 6.03 Å². The first-order valence-corrected chi connectivity index (χ1v) is 6.54. The number of urea groups is 1. The van der Waals surface area contributed by atoms with E-state index in [1.807, 2.05) is 6.92 Å². The molecule has 9 heteroatoms. The van der Waals surface area contributed by atoms with Gasteiger partial charge in [-0.2, -0.15) is 0 Å². The first-order valence-electron chi connectivity index (χ1n) is 5.73. The molecule has 1 aromatic rings. The Morgan fingerprint density at radius 3 is 2.63 bits per heavy atom. The van der Waals surface area contributed by atoms with Gasteiger partial charge in [-0.05, 0) is 19.3 Å². The Bertz CT molecular complexity index is 414. The minimum atomic E-state index is -2.69. The van der Waals surface area contributed by atoms with Gasteiger partial charge in [0.1, 0.15) is 0 Å². The molecule has 0 spiro atoms. The zero-order valence-electron chi connectivity index (χ0n) is 10.6. The Balaban J connectivity index is 2.34. The van der Waals surface area contributed by atoms with Gasteiger partial charge in [0.25, 0.3) is 6.43 Å². The lowest BCUT2D eigenvalue weighted by atomic mass is 10.1. The SMILES string of the molecule is C[C@@H](CNC(=O)Nc1nnc(C(F)F)s1)C[C@@H](C)O. The summed E-state index contributed by atoms with van der Waals surface area (Å²) < 4.78 is 24.5. The van der Waals surface area contributed by atoms with E-state index in [1.54, 1.807) is 6.92 Å². The summed E-state index contributed by atoms with van der Waals surface area (Å²) in [6.07, 6.45) is -2.56. The van der Waals surface area contributed by atoms with Crippen LogP contribution in [0, 0.1) is 5.92 Å². The zero-order valence-corrected chi connectivity index (χ0v) is 11.4. The van der Waals surface area contributed by atoms with Crippen LogP contribution >= 0.6 is 11.3 Å². The van der Waals surface area contributed by atoms with Gasteiger partial charge < -0.3 is 10.4 Å². The molecule has 0 aliphatic heterocycles. The fourth-order valence-electron chi connectivity index (χ4n) is 1.45. The number of aliphatic hydroxyl groups excluding tert-OH is 1. The quantitative estimate of drug-likeness (QED) is 0.749. The first kappa shape index (κ1) is 15.7. The third kappa shape index (κ3) is 5.88. The Hall–Kier alpha value is -1.35. The van der Waals surface area contributed by atoms with Crippen LogP contribution in [-0.2, 0) is 0 Å². The molecule has 1 aromatic heterocycles. The Labute approximate surface area is 113 Å². The molecule has 0 saturated heterocycles. The highest BCUT2D eigenvalue weighted by Crippen LogP contribution is 2.24. The fourth-order valence-corrected chi connectivity index (χ4v) is 2.04. The summed E-state index contributed by atoms with van der Waals surface area (Å²) in [6, 6.07) is -0.533. The molecule has 0 saturated carbocycles. The number of carbonyl (C=O) groups excluding carboxylic acids is 1. The van der Waals surface area contributed by atoms with Gasteiger partial charge in [0.05, 0.1) is 6.10 Å². The minimum absolute atomic E-state index is 0.0241. The number of halogens is 2. The summed E-state index contributed by atoms with van der Waals surface area (Å²) in [4.78, 5) is 11.4. The molecule has 6 nitrogen and oxygen atoms in total. The highest BCUT2D eigenvalue weighted by atomic mass is 32.1. The monoisotopic (exact) mass is 294 g/mol. The number of amides is 2. The summed E-state index contributed by atoms with van der Waals surface area (Å²) in [5.74, 6) is 0.108. The van der Waals surface area contributed by atoms with E-state index in [9.17, 15) is 13.6 Å². The van der Waals surface area contributed by atoms with Crippen molar-refractivity contribution < 1.29 is 18.7 Å². The summed E-state index contributed by atoms with van der Waals surface area (Å²) in [5, 5.41) is 20.3. The van der Waals surface area contributed by atoms with E-state index in [2.05, 4.69) is 20.8 Å². The number of rotatable bonds is 6. The molecule has 1 rings (SSSR count). The molecule has 2 atom stereocenters. The Morgan fingerprint density at radius 1 is 1.42 bits per heavy atom. The van der Waals surface area contributed by atoms with Crippen LogP contribution in [-0.4, -0.2) is 34.0 Å². The van der Waals surface area contributed by atoms with Crippen LogP contribution in [0.4, 0.5) is 18.7 Å².